The van der Waals surface area contributed by atoms with E-state index in [2.05, 4.69) is 45.1 Å². The molecule has 0 saturated carbocycles. The van der Waals surface area contributed by atoms with E-state index in [0.717, 1.165) is 24.0 Å². The van der Waals surface area contributed by atoms with Gasteiger partial charge in [0.2, 0.25) is 0 Å². The summed E-state index contributed by atoms with van der Waals surface area (Å²) in [6, 6.07) is 12.2. The standard InChI is InChI=1S/C27H32N4O2/c1-6-32-22-11-8-17(12-23(22)33-7-2)24-20-13-18(26(3,4)5)9-10-19(20)21(14-28)25(31)27(24,15-29)16-30/h8,10-12,18,20,24H,6-7,9,13,31H2,1-5H3/t18?,20-,24+/m1/s1. The van der Waals surface area contributed by atoms with Crippen LogP contribution in [-0.4, -0.2) is 13.2 Å². The van der Waals surface area contributed by atoms with E-state index in [4.69, 9.17) is 15.2 Å². The van der Waals surface area contributed by atoms with Crippen molar-refractivity contribution in [1.29, 1.82) is 15.8 Å². The number of rotatable bonds is 5. The van der Waals surface area contributed by atoms with Gasteiger partial charge >= 0.3 is 0 Å². The van der Waals surface area contributed by atoms with E-state index in [1.807, 2.05) is 32.0 Å². The third-order valence-electron chi connectivity index (χ3n) is 7.03. The summed E-state index contributed by atoms with van der Waals surface area (Å²) in [5.41, 5.74) is 6.80. The van der Waals surface area contributed by atoms with E-state index in [1.165, 1.54) is 0 Å². The fourth-order valence-corrected chi connectivity index (χ4v) is 5.24. The van der Waals surface area contributed by atoms with E-state index in [1.54, 1.807) is 0 Å². The summed E-state index contributed by atoms with van der Waals surface area (Å²) in [6.07, 6.45) is 3.69. The van der Waals surface area contributed by atoms with Crippen LogP contribution in [0.5, 0.6) is 11.5 Å². The van der Waals surface area contributed by atoms with Gasteiger partial charge in [-0.1, -0.05) is 32.9 Å². The Kier molecular flexibility index (Phi) is 6.76. The van der Waals surface area contributed by atoms with E-state index in [0.29, 0.717) is 30.6 Å². The molecule has 2 aliphatic carbocycles. The van der Waals surface area contributed by atoms with Gasteiger partial charge in [-0.2, -0.15) is 15.8 Å². The van der Waals surface area contributed by atoms with E-state index < -0.39 is 11.3 Å². The van der Waals surface area contributed by atoms with Gasteiger partial charge in [0.15, 0.2) is 16.9 Å². The van der Waals surface area contributed by atoms with Crippen LogP contribution in [0.2, 0.25) is 0 Å². The van der Waals surface area contributed by atoms with Crippen molar-refractivity contribution in [3.8, 4) is 29.7 Å². The summed E-state index contributed by atoms with van der Waals surface area (Å²) in [4.78, 5) is 0. The minimum absolute atomic E-state index is 0.0450. The van der Waals surface area contributed by atoms with Gasteiger partial charge < -0.3 is 15.2 Å². The van der Waals surface area contributed by atoms with Crippen LogP contribution < -0.4 is 15.2 Å². The van der Waals surface area contributed by atoms with Crippen molar-refractivity contribution in [3.05, 3.63) is 46.7 Å². The molecule has 1 unspecified atom stereocenters. The molecule has 1 aromatic carbocycles. The molecule has 33 heavy (non-hydrogen) atoms. The maximum atomic E-state index is 10.3. The van der Waals surface area contributed by atoms with Gasteiger partial charge in [0, 0.05) is 5.92 Å². The van der Waals surface area contributed by atoms with Gasteiger partial charge in [0.25, 0.3) is 0 Å². The topological polar surface area (TPSA) is 116 Å². The average molecular weight is 445 g/mol. The molecule has 0 radical (unpaired) electrons. The summed E-state index contributed by atoms with van der Waals surface area (Å²) >= 11 is 0. The second-order valence-corrected chi connectivity index (χ2v) is 9.78. The van der Waals surface area contributed by atoms with Crippen LogP contribution in [0.25, 0.3) is 0 Å². The number of nitrogens with zero attached hydrogens (tertiary/aromatic N) is 3. The van der Waals surface area contributed by atoms with Crippen molar-refractivity contribution in [2.45, 2.75) is 53.4 Å². The number of benzene rings is 1. The Morgan fingerprint density at radius 3 is 2.24 bits per heavy atom. The summed E-state index contributed by atoms with van der Waals surface area (Å²) in [5.74, 6) is 0.820. The van der Waals surface area contributed by atoms with E-state index in [-0.39, 0.29) is 22.6 Å². The molecule has 172 valence electrons. The zero-order chi connectivity index (χ0) is 24.4. The van der Waals surface area contributed by atoms with Gasteiger partial charge in [-0.3, -0.25) is 0 Å². The van der Waals surface area contributed by atoms with Crippen LogP contribution in [0.15, 0.2) is 41.1 Å². The third kappa shape index (κ3) is 4.05. The van der Waals surface area contributed by atoms with Crippen LogP contribution in [0.4, 0.5) is 0 Å². The lowest BCUT2D eigenvalue weighted by Gasteiger charge is -2.47. The Morgan fingerprint density at radius 1 is 1.06 bits per heavy atom. The van der Waals surface area contributed by atoms with Crippen LogP contribution in [0.3, 0.4) is 0 Å². The molecular weight excluding hydrogens is 412 g/mol. The van der Waals surface area contributed by atoms with Crippen molar-refractivity contribution in [3.63, 3.8) is 0 Å². The molecule has 2 N–H and O–H groups in total. The number of ether oxygens (including phenoxy) is 2. The first-order chi connectivity index (χ1) is 15.7. The zero-order valence-corrected chi connectivity index (χ0v) is 20.1. The van der Waals surface area contributed by atoms with Gasteiger partial charge in [-0.25, -0.2) is 0 Å². The van der Waals surface area contributed by atoms with E-state index >= 15 is 0 Å². The highest BCUT2D eigenvalue weighted by atomic mass is 16.5. The van der Waals surface area contributed by atoms with Gasteiger partial charge in [-0.15, -0.1) is 0 Å². The van der Waals surface area contributed by atoms with Crippen LogP contribution in [0.1, 0.15) is 58.9 Å². The monoisotopic (exact) mass is 444 g/mol. The van der Waals surface area contributed by atoms with Crippen LogP contribution >= 0.6 is 0 Å². The third-order valence-corrected chi connectivity index (χ3v) is 7.03. The normalized spacial score (nSPS) is 23.9. The first kappa shape index (κ1) is 24.2. The van der Waals surface area contributed by atoms with Crippen molar-refractivity contribution in [2.75, 3.05) is 13.2 Å². The molecule has 2 aliphatic rings. The molecule has 0 saturated heterocycles. The molecule has 6 heteroatoms. The highest BCUT2D eigenvalue weighted by Crippen LogP contribution is 2.58. The molecule has 0 bridgehead atoms. The smallest absolute Gasteiger partial charge is 0.191 e. The first-order valence-corrected chi connectivity index (χ1v) is 11.5. The van der Waals surface area contributed by atoms with Crippen molar-refractivity contribution < 1.29 is 9.47 Å². The maximum Gasteiger partial charge on any atom is 0.191 e. The lowest BCUT2D eigenvalue weighted by Crippen LogP contribution is -2.44. The molecule has 0 aliphatic heterocycles. The van der Waals surface area contributed by atoms with Crippen LogP contribution in [-0.2, 0) is 0 Å². The van der Waals surface area contributed by atoms with Gasteiger partial charge in [0.1, 0.15) is 6.07 Å². The number of hydrogen-bond donors (Lipinski definition) is 1. The number of allylic oxidation sites excluding steroid dienone is 4. The van der Waals surface area contributed by atoms with E-state index in [9.17, 15) is 15.8 Å². The fraction of sp³-hybridized carbons (Fsp3) is 0.519. The lowest BCUT2D eigenvalue weighted by molar-refractivity contribution is 0.170. The molecular formula is C27H32N4O2. The average Bonchev–Trinajstić information content (AvgIpc) is 2.79. The molecule has 0 amide bonds. The predicted octanol–water partition coefficient (Wildman–Crippen LogP) is 5.35. The summed E-state index contributed by atoms with van der Waals surface area (Å²) in [7, 11) is 0. The number of nitrogens with two attached hydrogens (primary N) is 1. The lowest BCUT2D eigenvalue weighted by atomic mass is 9.54. The van der Waals surface area contributed by atoms with Crippen LogP contribution in [0, 0.1) is 56.7 Å². The Bertz CT molecular complexity index is 1090. The van der Waals surface area contributed by atoms with Gasteiger partial charge in [-0.05, 0) is 67.2 Å². The highest BCUT2D eigenvalue weighted by Gasteiger charge is 2.55. The van der Waals surface area contributed by atoms with Crippen molar-refractivity contribution in [1.82, 2.24) is 0 Å². The highest BCUT2D eigenvalue weighted by molar-refractivity contribution is 5.60. The Balaban J connectivity index is 2.28. The summed E-state index contributed by atoms with van der Waals surface area (Å²) in [5, 5.41) is 30.6. The van der Waals surface area contributed by atoms with Gasteiger partial charge in [0.05, 0.1) is 36.6 Å². The Morgan fingerprint density at radius 2 is 1.70 bits per heavy atom. The maximum absolute atomic E-state index is 10.3. The Hall–Kier alpha value is -3.43. The minimum Gasteiger partial charge on any atom is -0.490 e. The summed E-state index contributed by atoms with van der Waals surface area (Å²) < 4.78 is 11.6. The molecule has 3 atom stereocenters. The largest absolute Gasteiger partial charge is 0.490 e. The molecule has 3 rings (SSSR count). The minimum atomic E-state index is -1.65. The molecule has 6 nitrogen and oxygen atoms in total. The molecule has 1 aromatic rings. The van der Waals surface area contributed by atoms with Crippen molar-refractivity contribution >= 4 is 0 Å². The second-order valence-electron chi connectivity index (χ2n) is 9.78. The molecule has 0 aromatic heterocycles. The molecule has 0 spiro atoms. The number of nitriles is 3. The molecule has 0 fully saturated rings. The quantitative estimate of drug-likeness (QED) is 0.654. The number of hydrogen-bond acceptors (Lipinski definition) is 6. The SMILES string of the molecule is CCOc1ccc([C@H]2[C@@H]3CC(C(C)(C)C)CC=C3C(C#N)=C(N)C2(C#N)C#N)cc1OCC. The summed E-state index contributed by atoms with van der Waals surface area (Å²) in [6.45, 7) is 11.4. The fourth-order valence-electron chi connectivity index (χ4n) is 5.24. The number of fused-ring (bicyclic) bond motifs is 1. The zero-order valence-electron chi connectivity index (χ0n) is 20.1. The molecule has 0 heterocycles. The predicted molar refractivity (Wildman–Crippen MR) is 126 cm³/mol. The second kappa shape index (κ2) is 9.21. The van der Waals surface area contributed by atoms with Crippen molar-refractivity contribution in [2.24, 2.45) is 28.4 Å². The first-order valence-electron chi connectivity index (χ1n) is 11.5. The Labute approximate surface area is 196 Å².